The number of hydrogen-bond acceptors (Lipinski definition) is 19. The molecule has 10 amide bonds. The van der Waals surface area contributed by atoms with E-state index < -0.39 is 168 Å². The van der Waals surface area contributed by atoms with Crippen molar-refractivity contribution in [2.45, 2.75) is 157 Å². The van der Waals surface area contributed by atoms with Crippen LogP contribution in [0.5, 0.6) is 5.75 Å². The minimum Gasteiger partial charge on any atom is -0.508 e. The number of aromatic amines is 1. The van der Waals surface area contributed by atoms with Gasteiger partial charge < -0.3 is 94.7 Å². The molecule has 12 atom stereocenters. The van der Waals surface area contributed by atoms with E-state index in [0.717, 1.165) is 4.90 Å². The predicted molar refractivity (Wildman–Crippen MR) is 349 cm³/mol. The number of benzene rings is 3. The summed E-state index contributed by atoms with van der Waals surface area (Å²) in [4.78, 5) is 180. The van der Waals surface area contributed by atoms with Gasteiger partial charge in [-0.05, 0) is 93.8 Å². The van der Waals surface area contributed by atoms with E-state index in [1.165, 1.54) is 38.1 Å². The Labute approximate surface area is 557 Å². The number of aromatic hydroxyl groups is 1. The first-order chi connectivity index (χ1) is 45.1. The van der Waals surface area contributed by atoms with Crippen LogP contribution in [0.25, 0.3) is 10.9 Å². The Bertz CT molecular complexity index is 3360. The third-order valence-corrected chi connectivity index (χ3v) is 16.2. The number of nitrogens with zero attached hydrogens (tertiary/aromatic N) is 1. The second-order valence-corrected chi connectivity index (χ2v) is 23.6. The number of likely N-dealkylation sites (tertiary alicyclic amines) is 1. The second kappa shape index (κ2) is 37.5. The molecule has 1 unspecified atom stereocenters. The summed E-state index contributed by atoms with van der Waals surface area (Å²) in [6, 6.07) is 4.32. The van der Waals surface area contributed by atoms with Gasteiger partial charge in [-0.15, -0.1) is 0 Å². The number of amides is 10. The maximum absolute atomic E-state index is 15.0. The molecule has 95 heavy (non-hydrogen) atoms. The molecule has 1 fully saturated rings. The van der Waals surface area contributed by atoms with Crippen molar-refractivity contribution in [1.29, 1.82) is 0 Å². The standard InChI is InChI=1S/C62H83N13O18S2/c1-32(62(92)93)66-58(88)46(30-94)72-55(85)43(26-35-17-19-37(77)20-18-35)68-53(83)41(15-8-9-23-63)67-56(86)44(27-36-29-65-40-14-7-6-13-38(36)40)70-54(84)42(25-34-11-4-3-5-12-34)69-59(89)47(31-95)73-57(87)45(28-50(80)81)71-60(90)48-16-10-24-75(48)61(91)51(33(2)76)74-52(82)39(64)21-22-49(78)79/h3-7,11-14,17-20,29,32-33,39,41-48,51,65,76-77,94-95H,8-10,15-16,21-28,30-31,63-64H2,1-2H3,(H,66,88)(H,67,86)(H,68,83)(H,69,89)(H,70,84)(H,71,90)(H,72,85)(H,73,87)(H,74,82)(H,78,79)(H,80,81)(H,92,93)/t32?,33-,39+,41+,42+,43+,44+,45+,46+,47+,48-,51+/m1/s1. The van der Waals surface area contributed by atoms with Crippen molar-refractivity contribution in [2.24, 2.45) is 11.5 Å². The van der Waals surface area contributed by atoms with Crippen LogP contribution in [0.4, 0.5) is 0 Å². The Hall–Kier alpha value is -9.31. The zero-order valence-electron chi connectivity index (χ0n) is 52.2. The molecule has 1 aliphatic rings. The quantitative estimate of drug-likeness (QED) is 0.0162. The number of nitrogens with two attached hydrogens (primary N) is 2. The average molecular weight is 1360 g/mol. The van der Waals surface area contributed by atoms with Crippen molar-refractivity contribution >= 4 is 113 Å². The minimum atomic E-state index is -1.90. The average Bonchev–Trinajstić information content (AvgIpc) is 1.81. The van der Waals surface area contributed by atoms with E-state index in [4.69, 9.17) is 16.6 Å². The van der Waals surface area contributed by atoms with Gasteiger partial charge in [0, 0.05) is 60.8 Å². The van der Waals surface area contributed by atoms with Crippen LogP contribution in [0.2, 0.25) is 0 Å². The molecule has 0 saturated carbocycles. The summed E-state index contributed by atoms with van der Waals surface area (Å²) in [5.74, 6) is -14.7. The molecule has 0 radical (unpaired) electrons. The lowest BCUT2D eigenvalue weighted by atomic mass is 10.0. The number of carbonyl (C=O) groups is 13. The summed E-state index contributed by atoms with van der Waals surface area (Å²) in [5, 5.41) is 72.1. The third-order valence-electron chi connectivity index (χ3n) is 15.5. The molecule has 4 aromatic rings. The summed E-state index contributed by atoms with van der Waals surface area (Å²) in [6.07, 6.45) is -1.67. The first-order valence-corrected chi connectivity index (χ1v) is 31.8. The molecular formula is C62H83N13O18S2. The van der Waals surface area contributed by atoms with E-state index in [2.05, 4.69) is 78.1 Å². The molecule has 1 aliphatic heterocycles. The van der Waals surface area contributed by atoms with Crippen LogP contribution in [-0.2, 0) is 81.6 Å². The lowest BCUT2D eigenvalue weighted by Gasteiger charge is -2.31. The van der Waals surface area contributed by atoms with Gasteiger partial charge in [0.2, 0.25) is 59.1 Å². The molecule has 0 spiro atoms. The number of aliphatic carboxylic acids is 3. The van der Waals surface area contributed by atoms with Gasteiger partial charge in [-0.25, -0.2) is 0 Å². The highest BCUT2D eigenvalue weighted by Crippen LogP contribution is 2.22. The summed E-state index contributed by atoms with van der Waals surface area (Å²) in [5.41, 5.74) is 13.8. The smallest absolute Gasteiger partial charge is 0.325 e. The predicted octanol–water partition coefficient (Wildman–Crippen LogP) is -2.60. The lowest BCUT2D eigenvalue weighted by molar-refractivity contribution is -0.145. The van der Waals surface area contributed by atoms with Crippen LogP contribution in [0.1, 0.15) is 81.9 Å². The van der Waals surface area contributed by atoms with Crippen LogP contribution < -0.4 is 59.3 Å². The van der Waals surface area contributed by atoms with Gasteiger partial charge in [-0.1, -0.05) is 60.7 Å². The first kappa shape index (κ1) is 76.4. The summed E-state index contributed by atoms with van der Waals surface area (Å²) in [6.45, 7) is 2.50. The van der Waals surface area contributed by atoms with E-state index in [0.29, 0.717) is 34.0 Å². The zero-order chi connectivity index (χ0) is 70.1. The molecule has 31 nitrogen and oxygen atoms in total. The van der Waals surface area contributed by atoms with E-state index >= 15 is 0 Å². The number of para-hydroxylation sites is 1. The Morgan fingerprint density at radius 2 is 1.08 bits per heavy atom. The monoisotopic (exact) mass is 1360 g/mol. The number of hydrogen-bond donors (Lipinski definition) is 19. The van der Waals surface area contributed by atoms with Gasteiger partial charge in [0.1, 0.15) is 66.2 Å². The van der Waals surface area contributed by atoms with Crippen molar-refractivity contribution in [3.63, 3.8) is 0 Å². The highest BCUT2D eigenvalue weighted by Gasteiger charge is 2.42. The Morgan fingerprint density at radius 3 is 1.63 bits per heavy atom. The molecule has 1 saturated heterocycles. The number of phenolic OH excluding ortho intramolecular Hbond substituents is 1. The number of aliphatic hydroxyl groups excluding tert-OH is 1. The van der Waals surface area contributed by atoms with E-state index in [1.54, 1.807) is 60.8 Å². The minimum absolute atomic E-state index is 0.0100. The molecule has 1 aromatic heterocycles. The lowest BCUT2D eigenvalue weighted by Crippen LogP contribution is -2.61. The Kier molecular flexibility index (Phi) is 30.2. The fraction of sp³-hybridized carbons (Fsp3) is 0.468. The number of rotatable bonds is 38. The molecule has 33 heteroatoms. The normalized spacial score (nSPS) is 16.2. The number of carboxylic acids is 3. The number of carbonyl (C=O) groups excluding carboxylic acids is 10. The van der Waals surface area contributed by atoms with Crippen LogP contribution >= 0.6 is 25.3 Å². The zero-order valence-corrected chi connectivity index (χ0v) is 53.9. The van der Waals surface area contributed by atoms with Crippen LogP contribution in [0.15, 0.2) is 85.1 Å². The fourth-order valence-corrected chi connectivity index (χ4v) is 10.7. The van der Waals surface area contributed by atoms with Crippen molar-refractivity contribution < 1.29 is 87.9 Å². The number of nitrogens with one attached hydrogen (secondary N) is 10. The van der Waals surface area contributed by atoms with Gasteiger partial charge in [0.25, 0.3) is 0 Å². The van der Waals surface area contributed by atoms with Crippen LogP contribution in [0.3, 0.4) is 0 Å². The van der Waals surface area contributed by atoms with Crippen molar-refractivity contribution in [3.8, 4) is 5.75 Å². The van der Waals surface area contributed by atoms with Crippen LogP contribution in [0, 0.1) is 0 Å². The maximum atomic E-state index is 15.0. The van der Waals surface area contributed by atoms with E-state index in [9.17, 15) is 82.8 Å². The summed E-state index contributed by atoms with van der Waals surface area (Å²) in [7, 11) is 0. The summed E-state index contributed by atoms with van der Waals surface area (Å²) < 4.78 is 0. The molecule has 3 aromatic carbocycles. The Balaban J connectivity index is 1.41. The van der Waals surface area contributed by atoms with Crippen molar-refractivity contribution in [1.82, 2.24) is 57.7 Å². The van der Waals surface area contributed by atoms with E-state index in [-0.39, 0.29) is 76.0 Å². The van der Waals surface area contributed by atoms with Crippen LogP contribution in [-0.4, -0.2) is 210 Å². The van der Waals surface area contributed by atoms with E-state index in [1.807, 2.05) is 0 Å². The number of phenols is 1. The molecular weight excluding hydrogens is 1280 g/mol. The van der Waals surface area contributed by atoms with Crippen molar-refractivity contribution in [2.75, 3.05) is 24.6 Å². The third kappa shape index (κ3) is 23.6. The highest BCUT2D eigenvalue weighted by molar-refractivity contribution is 7.80. The number of fused-ring (bicyclic) bond motifs is 1. The number of H-pyrrole nitrogens is 1. The topological polar surface area (TPSA) is 502 Å². The number of carboxylic acid groups (broad SMARTS) is 3. The van der Waals surface area contributed by atoms with Gasteiger partial charge in [-0.2, -0.15) is 25.3 Å². The molecule has 516 valence electrons. The fourth-order valence-electron chi connectivity index (χ4n) is 10.2. The van der Waals surface area contributed by atoms with Gasteiger partial charge in [-0.3, -0.25) is 62.3 Å². The van der Waals surface area contributed by atoms with Gasteiger partial charge in [0.05, 0.1) is 18.6 Å². The SMILES string of the molecule is CC(NC(=O)[C@H](CS)NC(=O)[C@H](Cc1ccc(O)cc1)NC(=O)[C@H](CCCCN)NC(=O)[C@H](Cc1c[nH]c2ccccc12)NC(=O)[C@H](Cc1ccccc1)NC(=O)[C@H](CS)NC(=O)[C@H](CC(=O)O)NC(=O)[C@H]1CCCN1C(=O)[C@@H](NC(=O)[C@@H](N)CCC(=O)O)[C@@H](C)O)C(=O)O. The van der Waals surface area contributed by atoms with Crippen molar-refractivity contribution in [3.05, 3.63) is 102 Å². The highest BCUT2D eigenvalue weighted by atomic mass is 32.1. The Morgan fingerprint density at radius 1 is 0.579 bits per heavy atom. The maximum Gasteiger partial charge on any atom is 0.325 e. The second-order valence-electron chi connectivity index (χ2n) is 22.8. The number of aliphatic hydroxyl groups is 1. The molecule has 2 heterocycles. The largest absolute Gasteiger partial charge is 0.508 e. The number of aromatic nitrogens is 1. The van der Waals surface area contributed by atoms with Gasteiger partial charge >= 0.3 is 17.9 Å². The molecule has 0 bridgehead atoms. The number of unbranched alkanes of at least 4 members (excludes halogenated alkanes) is 1. The molecule has 19 N–H and O–H groups in total. The first-order valence-electron chi connectivity index (χ1n) is 30.6. The molecule has 5 rings (SSSR count). The molecule has 0 aliphatic carbocycles. The number of thiol groups is 2. The van der Waals surface area contributed by atoms with Gasteiger partial charge in [0.15, 0.2) is 0 Å². The summed E-state index contributed by atoms with van der Waals surface area (Å²) >= 11 is 8.46.